The van der Waals surface area contributed by atoms with E-state index in [1.807, 2.05) is 20.8 Å². The van der Waals surface area contributed by atoms with Crippen molar-refractivity contribution < 1.29 is 14.2 Å². The van der Waals surface area contributed by atoms with Gasteiger partial charge in [0.25, 0.3) is 0 Å². The molecule has 18 heavy (non-hydrogen) atoms. The van der Waals surface area contributed by atoms with Gasteiger partial charge in [0.15, 0.2) is 0 Å². The molecule has 0 saturated heterocycles. The molecule has 0 aliphatic heterocycles. The van der Waals surface area contributed by atoms with Crippen LogP contribution in [0.4, 0.5) is 0 Å². The van der Waals surface area contributed by atoms with Crippen molar-refractivity contribution in [3.8, 4) is 0 Å². The summed E-state index contributed by atoms with van der Waals surface area (Å²) in [6.07, 6.45) is 2.66. The van der Waals surface area contributed by atoms with E-state index in [0.29, 0.717) is 19.8 Å². The highest BCUT2D eigenvalue weighted by atomic mass is 16.6. The maximum atomic E-state index is 6.04. The number of ether oxygens (including phenoxy) is 3. The summed E-state index contributed by atoms with van der Waals surface area (Å²) < 4.78 is 17.3. The predicted molar refractivity (Wildman–Crippen MR) is 76.0 cm³/mol. The Labute approximate surface area is 112 Å². The van der Waals surface area contributed by atoms with E-state index in [1.54, 1.807) is 6.08 Å². The van der Waals surface area contributed by atoms with Crippen LogP contribution in [0.5, 0.6) is 0 Å². The predicted octanol–water partition coefficient (Wildman–Crippen LogP) is 3.58. The van der Waals surface area contributed by atoms with Crippen molar-refractivity contribution in [1.82, 2.24) is 0 Å². The lowest BCUT2D eigenvalue weighted by atomic mass is 10.1. The Kier molecular flexibility index (Phi) is 7.76. The van der Waals surface area contributed by atoms with Crippen molar-refractivity contribution in [3.05, 3.63) is 12.7 Å². The molecule has 0 aromatic rings. The normalized spacial score (nSPS) is 14.6. The molecular formula is C15H30O3. The topological polar surface area (TPSA) is 27.7 Å². The SMILES string of the molecule is C=CCOCC(COC(C)(C)C)OC(C)(C)CC. The molecule has 0 amide bonds. The Morgan fingerprint density at radius 2 is 1.72 bits per heavy atom. The summed E-state index contributed by atoms with van der Waals surface area (Å²) in [4.78, 5) is 0. The largest absolute Gasteiger partial charge is 0.375 e. The summed E-state index contributed by atoms with van der Waals surface area (Å²) >= 11 is 0. The summed E-state index contributed by atoms with van der Waals surface area (Å²) in [5, 5.41) is 0. The van der Waals surface area contributed by atoms with Gasteiger partial charge in [-0.3, -0.25) is 0 Å². The fraction of sp³-hybridized carbons (Fsp3) is 0.867. The van der Waals surface area contributed by atoms with Crippen LogP contribution in [0.15, 0.2) is 12.7 Å². The Morgan fingerprint density at radius 3 is 2.17 bits per heavy atom. The molecule has 0 aromatic heterocycles. The Balaban J connectivity index is 4.28. The number of hydrogen-bond acceptors (Lipinski definition) is 3. The zero-order valence-corrected chi connectivity index (χ0v) is 12.9. The molecule has 0 fully saturated rings. The average molecular weight is 258 g/mol. The minimum absolute atomic E-state index is 0.0425. The van der Waals surface area contributed by atoms with Crippen LogP contribution in [0.25, 0.3) is 0 Å². The van der Waals surface area contributed by atoms with Gasteiger partial charge >= 0.3 is 0 Å². The van der Waals surface area contributed by atoms with E-state index < -0.39 is 0 Å². The zero-order valence-electron chi connectivity index (χ0n) is 12.9. The highest BCUT2D eigenvalue weighted by Crippen LogP contribution is 2.18. The molecule has 0 aliphatic carbocycles. The molecule has 1 unspecified atom stereocenters. The highest BCUT2D eigenvalue weighted by molar-refractivity contribution is 4.72. The molecule has 0 N–H and O–H groups in total. The van der Waals surface area contributed by atoms with Crippen LogP contribution < -0.4 is 0 Å². The fourth-order valence-electron chi connectivity index (χ4n) is 1.28. The molecular weight excluding hydrogens is 228 g/mol. The first-order chi connectivity index (χ1) is 8.20. The summed E-state index contributed by atoms with van der Waals surface area (Å²) in [6.45, 7) is 17.7. The minimum atomic E-state index is -0.156. The van der Waals surface area contributed by atoms with E-state index in [0.717, 1.165) is 6.42 Å². The van der Waals surface area contributed by atoms with Gasteiger partial charge in [0, 0.05) is 0 Å². The van der Waals surface area contributed by atoms with Crippen molar-refractivity contribution >= 4 is 0 Å². The van der Waals surface area contributed by atoms with Crippen LogP contribution in [0.3, 0.4) is 0 Å². The molecule has 0 saturated carbocycles. The maximum Gasteiger partial charge on any atom is 0.105 e. The monoisotopic (exact) mass is 258 g/mol. The van der Waals surface area contributed by atoms with Gasteiger partial charge in [0.05, 0.1) is 31.0 Å². The second-order valence-corrected chi connectivity index (χ2v) is 6.10. The van der Waals surface area contributed by atoms with Crippen LogP contribution in [-0.2, 0) is 14.2 Å². The molecule has 0 heterocycles. The minimum Gasteiger partial charge on any atom is -0.375 e. The van der Waals surface area contributed by atoms with E-state index in [4.69, 9.17) is 14.2 Å². The van der Waals surface area contributed by atoms with Crippen LogP contribution in [0, 0.1) is 0 Å². The quantitative estimate of drug-likeness (QED) is 0.467. The van der Waals surface area contributed by atoms with Crippen LogP contribution >= 0.6 is 0 Å². The maximum absolute atomic E-state index is 6.04. The molecule has 0 rings (SSSR count). The zero-order chi connectivity index (χ0) is 14.2. The lowest BCUT2D eigenvalue weighted by Gasteiger charge is -2.31. The summed E-state index contributed by atoms with van der Waals surface area (Å²) in [7, 11) is 0. The van der Waals surface area contributed by atoms with Gasteiger partial charge in [-0.15, -0.1) is 6.58 Å². The summed E-state index contributed by atoms with van der Waals surface area (Å²) in [5.74, 6) is 0. The standard InChI is InChI=1S/C15H30O3/c1-8-10-16-11-13(12-17-14(3,4)5)18-15(6,7)9-2/h8,13H,1,9-12H2,2-7H3. The molecule has 3 nitrogen and oxygen atoms in total. The van der Waals surface area contributed by atoms with E-state index in [-0.39, 0.29) is 17.3 Å². The van der Waals surface area contributed by atoms with Gasteiger partial charge in [-0.2, -0.15) is 0 Å². The second kappa shape index (κ2) is 7.93. The third-order valence-electron chi connectivity index (χ3n) is 2.58. The molecule has 3 heteroatoms. The van der Waals surface area contributed by atoms with Gasteiger partial charge in [-0.05, 0) is 41.0 Å². The lowest BCUT2D eigenvalue weighted by molar-refractivity contribution is -0.145. The van der Waals surface area contributed by atoms with Gasteiger partial charge in [0.1, 0.15) is 6.10 Å². The Morgan fingerprint density at radius 1 is 1.11 bits per heavy atom. The molecule has 0 spiro atoms. The fourth-order valence-corrected chi connectivity index (χ4v) is 1.28. The molecule has 0 aromatic carbocycles. The second-order valence-electron chi connectivity index (χ2n) is 6.10. The first-order valence-electron chi connectivity index (χ1n) is 6.70. The first-order valence-corrected chi connectivity index (χ1v) is 6.70. The van der Waals surface area contributed by atoms with E-state index >= 15 is 0 Å². The van der Waals surface area contributed by atoms with E-state index in [9.17, 15) is 0 Å². The molecule has 0 aliphatic rings. The van der Waals surface area contributed by atoms with Crippen LogP contribution in [-0.4, -0.2) is 37.1 Å². The van der Waals surface area contributed by atoms with Crippen molar-refractivity contribution in [2.24, 2.45) is 0 Å². The molecule has 108 valence electrons. The smallest absolute Gasteiger partial charge is 0.105 e. The third-order valence-corrected chi connectivity index (χ3v) is 2.58. The van der Waals surface area contributed by atoms with Crippen molar-refractivity contribution in [3.63, 3.8) is 0 Å². The van der Waals surface area contributed by atoms with Crippen molar-refractivity contribution in [2.75, 3.05) is 19.8 Å². The highest BCUT2D eigenvalue weighted by Gasteiger charge is 2.24. The van der Waals surface area contributed by atoms with Crippen LogP contribution in [0.2, 0.25) is 0 Å². The third kappa shape index (κ3) is 9.63. The van der Waals surface area contributed by atoms with Crippen molar-refractivity contribution in [1.29, 1.82) is 0 Å². The molecule has 0 bridgehead atoms. The molecule has 0 radical (unpaired) electrons. The summed E-state index contributed by atoms with van der Waals surface area (Å²) in [6, 6.07) is 0. The van der Waals surface area contributed by atoms with Gasteiger partial charge in [-0.25, -0.2) is 0 Å². The van der Waals surface area contributed by atoms with Crippen molar-refractivity contribution in [2.45, 2.75) is 65.3 Å². The van der Waals surface area contributed by atoms with Gasteiger partial charge in [-0.1, -0.05) is 13.0 Å². The summed E-state index contributed by atoms with van der Waals surface area (Å²) in [5.41, 5.74) is -0.306. The average Bonchev–Trinajstić information content (AvgIpc) is 2.25. The van der Waals surface area contributed by atoms with Gasteiger partial charge in [0.2, 0.25) is 0 Å². The Bertz CT molecular complexity index is 228. The first kappa shape index (κ1) is 17.6. The van der Waals surface area contributed by atoms with E-state index in [2.05, 4.69) is 27.4 Å². The van der Waals surface area contributed by atoms with E-state index in [1.165, 1.54) is 0 Å². The Hall–Kier alpha value is -0.380. The number of hydrogen-bond donors (Lipinski definition) is 0. The van der Waals surface area contributed by atoms with Gasteiger partial charge < -0.3 is 14.2 Å². The molecule has 1 atom stereocenters. The lowest BCUT2D eigenvalue weighted by Crippen LogP contribution is -2.38. The number of rotatable bonds is 9. The van der Waals surface area contributed by atoms with Crippen LogP contribution in [0.1, 0.15) is 48.0 Å².